The minimum Gasteiger partial charge on any atom is -0.381 e. The Hall–Kier alpha value is -0.610. The van der Waals surface area contributed by atoms with E-state index in [0.717, 1.165) is 52.4 Å². The second kappa shape index (κ2) is 27.6. The van der Waals surface area contributed by atoms with E-state index >= 15 is 0 Å². The Bertz CT molecular complexity index is 527. The third-order valence-corrected chi connectivity index (χ3v) is 8.69. The molecule has 4 heteroatoms. The first kappa shape index (κ1) is 36.4. The summed E-state index contributed by atoms with van der Waals surface area (Å²) in [6.45, 7) is 12.5. The zero-order valence-corrected chi connectivity index (χ0v) is 27.0. The van der Waals surface area contributed by atoms with E-state index in [1.54, 1.807) is 0 Å². The molecular weight excluding hydrogens is 480 g/mol. The van der Waals surface area contributed by atoms with Crippen molar-refractivity contribution in [1.82, 2.24) is 9.80 Å². The zero-order chi connectivity index (χ0) is 28.2. The molecule has 0 spiro atoms. The van der Waals surface area contributed by atoms with Gasteiger partial charge < -0.3 is 9.64 Å². The molecule has 0 saturated carbocycles. The molecule has 1 unspecified atom stereocenters. The first-order valence-electron chi connectivity index (χ1n) is 17.8. The zero-order valence-electron chi connectivity index (χ0n) is 27.0. The number of ether oxygens (including phenoxy) is 1. The highest BCUT2D eigenvalue weighted by atomic mass is 16.5. The molecule has 0 radical (unpaired) electrons. The van der Waals surface area contributed by atoms with Gasteiger partial charge in [0.15, 0.2) is 0 Å². The van der Waals surface area contributed by atoms with E-state index < -0.39 is 0 Å². The second-order valence-corrected chi connectivity index (χ2v) is 12.5. The summed E-state index contributed by atoms with van der Waals surface area (Å²) in [6, 6.07) is 0. The van der Waals surface area contributed by atoms with Crippen LogP contribution in [-0.2, 0) is 9.53 Å². The number of carbonyl (C=O) groups excluding carboxylic acids is 1. The van der Waals surface area contributed by atoms with Crippen LogP contribution >= 0.6 is 0 Å². The van der Waals surface area contributed by atoms with Gasteiger partial charge in [-0.15, -0.1) is 0 Å². The summed E-state index contributed by atoms with van der Waals surface area (Å²) < 4.78 is 5.96. The van der Waals surface area contributed by atoms with Crippen LogP contribution < -0.4 is 0 Å². The SMILES string of the molecule is CCCCCCCCCCCCCCN(CCCOCCCCCCCC)CN1CCC(CCCC)CC1=O. The van der Waals surface area contributed by atoms with E-state index in [4.69, 9.17) is 4.74 Å². The molecule has 39 heavy (non-hydrogen) atoms. The largest absolute Gasteiger partial charge is 0.381 e. The lowest BCUT2D eigenvalue weighted by Gasteiger charge is -2.36. The average Bonchev–Trinajstić information content (AvgIpc) is 2.94. The molecule has 0 bridgehead atoms. The van der Waals surface area contributed by atoms with Crippen molar-refractivity contribution >= 4 is 5.91 Å². The van der Waals surface area contributed by atoms with Crippen LogP contribution in [0.25, 0.3) is 0 Å². The lowest BCUT2D eigenvalue weighted by atomic mass is 9.91. The third-order valence-electron chi connectivity index (χ3n) is 8.69. The summed E-state index contributed by atoms with van der Waals surface area (Å²) in [6.07, 6.45) is 31.4. The number of hydrogen-bond donors (Lipinski definition) is 0. The van der Waals surface area contributed by atoms with Gasteiger partial charge in [0.1, 0.15) is 0 Å². The number of amides is 1. The summed E-state index contributed by atoms with van der Waals surface area (Å²) >= 11 is 0. The van der Waals surface area contributed by atoms with Gasteiger partial charge in [-0.2, -0.15) is 0 Å². The number of likely N-dealkylation sites (tertiary alicyclic amines) is 1. The Morgan fingerprint density at radius 3 is 1.69 bits per heavy atom. The van der Waals surface area contributed by atoms with Crippen LogP contribution in [0.3, 0.4) is 0 Å². The van der Waals surface area contributed by atoms with E-state index in [0.29, 0.717) is 11.8 Å². The topological polar surface area (TPSA) is 32.8 Å². The Labute approximate surface area is 245 Å². The first-order chi connectivity index (χ1) is 19.2. The molecule has 1 rings (SSSR count). The lowest BCUT2D eigenvalue weighted by Crippen LogP contribution is -2.46. The highest BCUT2D eigenvalue weighted by Gasteiger charge is 2.26. The highest BCUT2D eigenvalue weighted by molar-refractivity contribution is 5.77. The molecule has 0 N–H and O–H groups in total. The maximum Gasteiger partial charge on any atom is 0.223 e. The molecule has 0 aromatic heterocycles. The Morgan fingerprint density at radius 2 is 1.13 bits per heavy atom. The molecule has 1 aliphatic heterocycles. The lowest BCUT2D eigenvalue weighted by molar-refractivity contribution is -0.137. The van der Waals surface area contributed by atoms with Gasteiger partial charge in [0.25, 0.3) is 0 Å². The summed E-state index contributed by atoms with van der Waals surface area (Å²) in [7, 11) is 0. The van der Waals surface area contributed by atoms with Gasteiger partial charge in [0.05, 0.1) is 6.67 Å². The van der Waals surface area contributed by atoms with Gasteiger partial charge in [0.2, 0.25) is 5.91 Å². The van der Waals surface area contributed by atoms with E-state index in [-0.39, 0.29) is 0 Å². The summed E-state index contributed by atoms with van der Waals surface area (Å²) in [5.74, 6) is 1.01. The fraction of sp³-hybridized carbons (Fsp3) is 0.971. The van der Waals surface area contributed by atoms with Crippen molar-refractivity contribution in [2.24, 2.45) is 5.92 Å². The number of carbonyl (C=O) groups is 1. The van der Waals surface area contributed by atoms with Crippen LogP contribution in [0.1, 0.15) is 175 Å². The Balaban J connectivity index is 2.25. The number of hydrogen-bond acceptors (Lipinski definition) is 3. The molecular formula is C35H70N2O2. The quantitative estimate of drug-likeness (QED) is 0.0868. The molecule has 232 valence electrons. The number of rotatable bonds is 29. The van der Waals surface area contributed by atoms with Crippen molar-refractivity contribution in [1.29, 1.82) is 0 Å². The molecule has 0 aliphatic carbocycles. The summed E-state index contributed by atoms with van der Waals surface area (Å²) in [5.41, 5.74) is 0. The van der Waals surface area contributed by atoms with Crippen molar-refractivity contribution in [3.63, 3.8) is 0 Å². The summed E-state index contributed by atoms with van der Waals surface area (Å²) in [5, 5.41) is 0. The van der Waals surface area contributed by atoms with E-state index in [1.807, 2.05) is 0 Å². The second-order valence-electron chi connectivity index (χ2n) is 12.5. The van der Waals surface area contributed by atoms with Crippen molar-refractivity contribution in [2.75, 3.05) is 39.5 Å². The van der Waals surface area contributed by atoms with Crippen LogP contribution in [0.4, 0.5) is 0 Å². The number of nitrogens with zero attached hydrogens (tertiary/aromatic N) is 2. The van der Waals surface area contributed by atoms with Gasteiger partial charge in [-0.1, -0.05) is 136 Å². The van der Waals surface area contributed by atoms with Crippen molar-refractivity contribution in [3.05, 3.63) is 0 Å². The molecule has 0 aromatic rings. The fourth-order valence-corrected chi connectivity index (χ4v) is 5.98. The third kappa shape index (κ3) is 21.8. The van der Waals surface area contributed by atoms with E-state index in [1.165, 1.54) is 141 Å². The predicted octanol–water partition coefficient (Wildman–Crippen LogP) is 10.1. The van der Waals surface area contributed by atoms with Gasteiger partial charge >= 0.3 is 0 Å². The normalized spacial score (nSPS) is 16.1. The maximum absolute atomic E-state index is 12.9. The van der Waals surface area contributed by atoms with Crippen molar-refractivity contribution in [3.8, 4) is 0 Å². The molecule has 1 atom stereocenters. The van der Waals surface area contributed by atoms with Gasteiger partial charge in [-0.3, -0.25) is 9.69 Å². The van der Waals surface area contributed by atoms with Crippen LogP contribution in [-0.4, -0.2) is 55.2 Å². The monoisotopic (exact) mass is 551 g/mol. The van der Waals surface area contributed by atoms with Crippen molar-refractivity contribution < 1.29 is 9.53 Å². The minimum absolute atomic E-state index is 0.390. The fourth-order valence-electron chi connectivity index (χ4n) is 5.98. The van der Waals surface area contributed by atoms with Gasteiger partial charge in [0, 0.05) is 32.7 Å². The summed E-state index contributed by atoms with van der Waals surface area (Å²) in [4.78, 5) is 17.6. The molecule has 1 saturated heterocycles. The van der Waals surface area contributed by atoms with Crippen LogP contribution in [0.5, 0.6) is 0 Å². The molecule has 1 aliphatic rings. The van der Waals surface area contributed by atoms with Crippen LogP contribution in [0.15, 0.2) is 0 Å². The van der Waals surface area contributed by atoms with Gasteiger partial charge in [-0.05, 0) is 44.6 Å². The van der Waals surface area contributed by atoms with Gasteiger partial charge in [-0.25, -0.2) is 0 Å². The van der Waals surface area contributed by atoms with E-state index in [2.05, 4.69) is 30.6 Å². The molecule has 1 amide bonds. The van der Waals surface area contributed by atoms with Crippen LogP contribution in [0.2, 0.25) is 0 Å². The first-order valence-corrected chi connectivity index (χ1v) is 17.8. The maximum atomic E-state index is 12.9. The average molecular weight is 551 g/mol. The Kier molecular flexibility index (Phi) is 25.7. The smallest absolute Gasteiger partial charge is 0.223 e. The molecule has 0 aromatic carbocycles. The highest BCUT2D eigenvalue weighted by Crippen LogP contribution is 2.24. The molecule has 1 fully saturated rings. The molecule has 4 nitrogen and oxygen atoms in total. The van der Waals surface area contributed by atoms with Crippen molar-refractivity contribution in [2.45, 2.75) is 175 Å². The number of piperidine rings is 1. The Morgan fingerprint density at radius 1 is 0.641 bits per heavy atom. The number of unbranched alkanes of at least 4 members (excludes halogenated alkanes) is 17. The predicted molar refractivity (Wildman–Crippen MR) is 170 cm³/mol. The van der Waals surface area contributed by atoms with Crippen LogP contribution in [0, 0.1) is 5.92 Å². The minimum atomic E-state index is 0.390. The van der Waals surface area contributed by atoms with E-state index in [9.17, 15) is 4.79 Å². The standard InChI is InChI=1S/C35H70N2O2/c1-4-7-10-12-14-15-16-17-18-19-20-22-27-36(28-24-31-39-30-23-21-13-11-8-5-2)33-37-29-26-34(25-9-6-3)32-35(37)38/h34H,4-33H2,1-3H3. The molecule has 1 heterocycles.